The molecule has 1 unspecified atom stereocenters. The Kier molecular flexibility index (Phi) is 7.53. The van der Waals surface area contributed by atoms with Crippen molar-refractivity contribution < 1.29 is 4.74 Å². The van der Waals surface area contributed by atoms with Gasteiger partial charge in [0.1, 0.15) is 5.75 Å². The highest BCUT2D eigenvalue weighted by atomic mass is 16.5. The van der Waals surface area contributed by atoms with E-state index < -0.39 is 0 Å². The zero-order valence-corrected chi connectivity index (χ0v) is 12.6. The van der Waals surface area contributed by atoms with E-state index in [1.54, 1.807) is 7.11 Å². The van der Waals surface area contributed by atoms with E-state index in [1.807, 2.05) is 12.1 Å². The highest BCUT2D eigenvalue weighted by Gasteiger charge is 2.14. The van der Waals surface area contributed by atoms with Crippen LogP contribution in [-0.4, -0.2) is 38.2 Å². The van der Waals surface area contributed by atoms with Crippen molar-refractivity contribution in [3.8, 4) is 5.75 Å². The summed E-state index contributed by atoms with van der Waals surface area (Å²) in [6.45, 7) is 8.50. The van der Waals surface area contributed by atoms with E-state index in [1.165, 1.54) is 18.4 Å². The van der Waals surface area contributed by atoms with Gasteiger partial charge in [0.25, 0.3) is 0 Å². The molecule has 0 fully saturated rings. The lowest BCUT2D eigenvalue weighted by Crippen LogP contribution is -2.33. The molecule has 0 aromatic heterocycles. The smallest absolute Gasteiger partial charge is 0.118 e. The molecule has 1 aromatic rings. The van der Waals surface area contributed by atoms with Crippen molar-refractivity contribution in [2.75, 3.05) is 33.3 Å². The summed E-state index contributed by atoms with van der Waals surface area (Å²) in [5, 5.41) is 0. The Hall–Kier alpha value is -1.06. The molecule has 19 heavy (non-hydrogen) atoms. The number of hydrogen-bond acceptors (Lipinski definition) is 3. The Morgan fingerprint density at radius 1 is 1.11 bits per heavy atom. The molecule has 0 radical (unpaired) electrons. The van der Waals surface area contributed by atoms with Gasteiger partial charge in [-0.3, -0.25) is 0 Å². The van der Waals surface area contributed by atoms with Crippen molar-refractivity contribution in [2.45, 2.75) is 32.6 Å². The van der Waals surface area contributed by atoms with Gasteiger partial charge in [-0.2, -0.15) is 0 Å². The summed E-state index contributed by atoms with van der Waals surface area (Å²) in [5.74, 6) is 1.31. The number of benzene rings is 1. The number of ether oxygens (including phenoxy) is 1. The molecule has 0 amide bonds. The van der Waals surface area contributed by atoms with Gasteiger partial charge < -0.3 is 15.4 Å². The quantitative estimate of drug-likeness (QED) is 0.745. The first-order valence-electron chi connectivity index (χ1n) is 7.31. The number of hydrogen-bond donors (Lipinski definition) is 1. The highest BCUT2D eigenvalue weighted by Crippen LogP contribution is 2.20. The molecule has 3 nitrogen and oxygen atoms in total. The fourth-order valence-corrected chi connectivity index (χ4v) is 2.43. The van der Waals surface area contributed by atoms with Crippen molar-refractivity contribution in [3.05, 3.63) is 29.8 Å². The molecule has 0 saturated carbocycles. The van der Waals surface area contributed by atoms with Crippen LogP contribution in [0.4, 0.5) is 0 Å². The average molecular weight is 264 g/mol. The molecule has 1 atom stereocenters. The minimum Gasteiger partial charge on any atom is -0.497 e. The second kappa shape index (κ2) is 8.94. The van der Waals surface area contributed by atoms with Gasteiger partial charge in [-0.05, 0) is 43.6 Å². The van der Waals surface area contributed by atoms with E-state index in [4.69, 9.17) is 10.5 Å². The van der Waals surface area contributed by atoms with Gasteiger partial charge in [-0.1, -0.05) is 26.0 Å². The van der Waals surface area contributed by atoms with Crippen molar-refractivity contribution in [3.63, 3.8) is 0 Å². The van der Waals surface area contributed by atoms with Crippen LogP contribution in [0.1, 0.15) is 38.2 Å². The number of methoxy groups -OCH3 is 1. The lowest BCUT2D eigenvalue weighted by molar-refractivity contribution is 0.258. The van der Waals surface area contributed by atoms with Crippen LogP contribution in [0, 0.1) is 0 Å². The summed E-state index contributed by atoms with van der Waals surface area (Å²) in [4.78, 5) is 2.52. The first-order chi connectivity index (χ1) is 9.24. The van der Waals surface area contributed by atoms with Crippen molar-refractivity contribution in [1.29, 1.82) is 0 Å². The first kappa shape index (κ1) is 16.0. The molecule has 1 aromatic carbocycles. The molecule has 0 heterocycles. The molecule has 108 valence electrons. The Labute approximate surface area is 117 Å². The number of nitrogens with two attached hydrogens (primary N) is 1. The summed E-state index contributed by atoms with van der Waals surface area (Å²) >= 11 is 0. The SMILES string of the molecule is CCCN(CCC)CC(CN)c1ccc(OC)cc1. The van der Waals surface area contributed by atoms with Gasteiger partial charge in [0.05, 0.1) is 7.11 Å². The molecule has 0 aliphatic heterocycles. The predicted molar refractivity (Wildman–Crippen MR) is 81.8 cm³/mol. The molecule has 2 N–H and O–H groups in total. The third kappa shape index (κ3) is 5.21. The summed E-state index contributed by atoms with van der Waals surface area (Å²) in [5.41, 5.74) is 7.26. The highest BCUT2D eigenvalue weighted by molar-refractivity contribution is 5.29. The van der Waals surface area contributed by atoms with Gasteiger partial charge in [0.2, 0.25) is 0 Å². The number of nitrogens with zero attached hydrogens (tertiary/aromatic N) is 1. The van der Waals surface area contributed by atoms with Crippen molar-refractivity contribution in [1.82, 2.24) is 4.90 Å². The van der Waals surface area contributed by atoms with Crippen LogP contribution in [0.2, 0.25) is 0 Å². The van der Waals surface area contributed by atoms with E-state index in [0.29, 0.717) is 12.5 Å². The zero-order valence-electron chi connectivity index (χ0n) is 12.6. The van der Waals surface area contributed by atoms with Crippen LogP contribution in [-0.2, 0) is 0 Å². The summed E-state index contributed by atoms with van der Waals surface area (Å²) < 4.78 is 5.20. The molecular formula is C16H28N2O. The van der Waals surface area contributed by atoms with Crippen LogP contribution in [0.25, 0.3) is 0 Å². The van der Waals surface area contributed by atoms with Crippen LogP contribution in [0.15, 0.2) is 24.3 Å². The third-order valence-corrected chi connectivity index (χ3v) is 3.43. The normalized spacial score (nSPS) is 12.7. The fraction of sp³-hybridized carbons (Fsp3) is 0.625. The zero-order chi connectivity index (χ0) is 14.1. The van der Waals surface area contributed by atoms with E-state index >= 15 is 0 Å². The molecule has 0 aliphatic rings. The maximum Gasteiger partial charge on any atom is 0.118 e. The standard InChI is InChI=1S/C16H28N2O/c1-4-10-18(11-5-2)13-15(12-17)14-6-8-16(19-3)9-7-14/h6-9,15H,4-5,10-13,17H2,1-3H3. The Morgan fingerprint density at radius 3 is 2.11 bits per heavy atom. The molecule has 3 heteroatoms. The topological polar surface area (TPSA) is 38.5 Å². The third-order valence-electron chi connectivity index (χ3n) is 3.43. The minimum atomic E-state index is 0.406. The lowest BCUT2D eigenvalue weighted by atomic mass is 9.98. The van der Waals surface area contributed by atoms with Gasteiger partial charge in [0, 0.05) is 19.0 Å². The summed E-state index contributed by atoms with van der Waals surface area (Å²) in [6, 6.07) is 8.29. The maximum absolute atomic E-state index is 5.96. The number of rotatable bonds is 9. The van der Waals surface area contributed by atoms with Crippen LogP contribution >= 0.6 is 0 Å². The Bertz CT molecular complexity index is 331. The first-order valence-corrected chi connectivity index (χ1v) is 7.31. The van der Waals surface area contributed by atoms with E-state index in [2.05, 4.69) is 30.9 Å². The molecule has 1 rings (SSSR count). The molecule has 0 bridgehead atoms. The average Bonchev–Trinajstić information content (AvgIpc) is 2.45. The van der Waals surface area contributed by atoms with Crippen LogP contribution < -0.4 is 10.5 Å². The van der Waals surface area contributed by atoms with E-state index in [9.17, 15) is 0 Å². The lowest BCUT2D eigenvalue weighted by Gasteiger charge is -2.26. The predicted octanol–water partition coefficient (Wildman–Crippen LogP) is 2.86. The van der Waals surface area contributed by atoms with Crippen molar-refractivity contribution in [2.24, 2.45) is 5.73 Å². The second-order valence-corrected chi connectivity index (χ2v) is 5.01. The maximum atomic E-state index is 5.96. The summed E-state index contributed by atoms with van der Waals surface area (Å²) in [7, 11) is 1.69. The van der Waals surface area contributed by atoms with Gasteiger partial charge in [-0.25, -0.2) is 0 Å². The molecule has 0 saturated heterocycles. The van der Waals surface area contributed by atoms with Gasteiger partial charge in [0.15, 0.2) is 0 Å². The monoisotopic (exact) mass is 264 g/mol. The summed E-state index contributed by atoms with van der Waals surface area (Å²) in [6.07, 6.45) is 2.39. The van der Waals surface area contributed by atoms with Gasteiger partial charge in [-0.15, -0.1) is 0 Å². The minimum absolute atomic E-state index is 0.406. The largest absolute Gasteiger partial charge is 0.497 e. The van der Waals surface area contributed by atoms with Crippen molar-refractivity contribution >= 4 is 0 Å². The Balaban J connectivity index is 2.69. The molecular weight excluding hydrogens is 236 g/mol. The molecule has 0 spiro atoms. The van der Waals surface area contributed by atoms with E-state index in [0.717, 1.165) is 25.4 Å². The van der Waals surface area contributed by atoms with E-state index in [-0.39, 0.29) is 0 Å². The van der Waals surface area contributed by atoms with Gasteiger partial charge >= 0.3 is 0 Å². The Morgan fingerprint density at radius 2 is 1.68 bits per heavy atom. The van der Waals surface area contributed by atoms with Crippen LogP contribution in [0.5, 0.6) is 5.75 Å². The van der Waals surface area contributed by atoms with Crippen LogP contribution in [0.3, 0.4) is 0 Å². The second-order valence-electron chi connectivity index (χ2n) is 5.01. The molecule has 0 aliphatic carbocycles. The fourth-order valence-electron chi connectivity index (χ4n) is 2.43.